The first kappa shape index (κ1) is 15.8. The quantitative estimate of drug-likeness (QED) is 0.574. The summed E-state index contributed by atoms with van der Waals surface area (Å²) in [6.45, 7) is 2.64. The summed E-state index contributed by atoms with van der Waals surface area (Å²) in [4.78, 5) is 8.58. The summed E-state index contributed by atoms with van der Waals surface area (Å²) >= 11 is 0. The van der Waals surface area contributed by atoms with E-state index in [0.717, 1.165) is 56.2 Å². The van der Waals surface area contributed by atoms with E-state index in [1.165, 1.54) is 0 Å². The molecule has 4 N–H and O–H groups in total. The number of carbonyl (C=O) groups is 1. The van der Waals surface area contributed by atoms with Gasteiger partial charge in [0.05, 0.1) is 0 Å². The van der Waals surface area contributed by atoms with Crippen LogP contribution in [0.1, 0.15) is 45.4 Å². The SMILES string of the molecule is CC1=C(F)C(CCCCCN)=CCC1.NC=O. The van der Waals surface area contributed by atoms with Gasteiger partial charge < -0.3 is 11.5 Å². The van der Waals surface area contributed by atoms with E-state index in [0.29, 0.717) is 0 Å². The Hall–Kier alpha value is -1.16. The molecule has 0 heterocycles. The van der Waals surface area contributed by atoms with Crippen molar-refractivity contribution < 1.29 is 9.18 Å². The highest BCUT2D eigenvalue weighted by atomic mass is 19.1. The fourth-order valence-corrected chi connectivity index (χ4v) is 1.78. The highest BCUT2D eigenvalue weighted by Gasteiger charge is 2.11. The molecule has 0 unspecified atom stereocenters. The van der Waals surface area contributed by atoms with E-state index >= 15 is 0 Å². The van der Waals surface area contributed by atoms with Crippen LogP contribution in [0.3, 0.4) is 0 Å². The number of allylic oxidation sites excluding steroid dienone is 4. The average molecular weight is 242 g/mol. The van der Waals surface area contributed by atoms with Gasteiger partial charge >= 0.3 is 0 Å². The van der Waals surface area contributed by atoms with Crippen molar-refractivity contribution in [2.75, 3.05) is 6.54 Å². The van der Waals surface area contributed by atoms with Crippen LogP contribution in [0.5, 0.6) is 0 Å². The summed E-state index contributed by atoms with van der Waals surface area (Å²) in [5, 5.41) is 0. The monoisotopic (exact) mass is 242 g/mol. The van der Waals surface area contributed by atoms with E-state index in [4.69, 9.17) is 10.5 Å². The number of unbranched alkanes of at least 4 members (excludes halogenated alkanes) is 2. The minimum Gasteiger partial charge on any atom is -0.372 e. The molecular weight excluding hydrogens is 219 g/mol. The summed E-state index contributed by atoms with van der Waals surface area (Å²) in [7, 11) is 0. The lowest BCUT2D eigenvalue weighted by Crippen LogP contribution is -1.99. The molecule has 0 atom stereocenters. The van der Waals surface area contributed by atoms with E-state index in [1.807, 2.05) is 13.0 Å². The molecule has 3 nitrogen and oxygen atoms in total. The van der Waals surface area contributed by atoms with Crippen LogP contribution in [0, 0.1) is 0 Å². The molecule has 1 rings (SSSR count). The summed E-state index contributed by atoms with van der Waals surface area (Å²) in [5.41, 5.74) is 11.4. The molecule has 0 aromatic heterocycles. The molecule has 4 heteroatoms. The maximum absolute atomic E-state index is 13.5. The minimum absolute atomic E-state index is 0.0454. The molecule has 0 spiro atoms. The van der Waals surface area contributed by atoms with Crippen molar-refractivity contribution in [1.29, 1.82) is 0 Å². The van der Waals surface area contributed by atoms with Crippen LogP contribution in [0.15, 0.2) is 23.0 Å². The Morgan fingerprint density at radius 2 is 2.06 bits per heavy atom. The van der Waals surface area contributed by atoms with Gasteiger partial charge in [-0.15, -0.1) is 0 Å². The van der Waals surface area contributed by atoms with Gasteiger partial charge in [0.2, 0.25) is 6.41 Å². The molecule has 0 saturated carbocycles. The molecule has 98 valence electrons. The van der Waals surface area contributed by atoms with Crippen molar-refractivity contribution in [3.05, 3.63) is 23.0 Å². The van der Waals surface area contributed by atoms with Crippen molar-refractivity contribution in [1.82, 2.24) is 0 Å². The molecule has 0 saturated heterocycles. The lowest BCUT2D eigenvalue weighted by molar-refractivity contribution is -0.106. The Balaban J connectivity index is 0.000000770. The fourth-order valence-electron chi connectivity index (χ4n) is 1.78. The van der Waals surface area contributed by atoms with Crippen molar-refractivity contribution in [2.45, 2.75) is 45.4 Å². The van der Waals surface area contributed by atoms with Crippen molar-refractivity contribution in [3.63, 3.8) is 0 Å². The summed E-state index contributed by atoms with van der Waals surface area (Å²) in [6.07, 6.45) is 8.29. The third-order valence-electron chi connectivity index (χ3n) is 2.72. The van der Waals surface area contributed by atoms with E-state index in [-0.39, 0.29) is 12.2 Å². The number of rotatable bonds is 5. The topological polar surface area (TPSA) is 69.1 Å². The average Bonchev–Trinajstić information content (AvgIpc) is 2.31. The highest BCUT2D eigenvalue weighted by Crippen LogP contribution is 2.29. The van der Waals surface area contributed by atoms with Crippen molar-refractivity contribution >= 4 is 6.41 Å². The third kappa shape index (κ3) is 6.89. The van der Waals surface area contributed by atoms with Crippen LogP contribution in [0.4, 0.5) is 4.39 Å². The Bertz CT molecular complexity index is 285. The second kappa shape index (κ2) is 10.0. The van der Waals surface area contributed by atoms with Gasteiger partial charge in [-0.05, 0) is 56.7 Å². The predicted molar refractivity (Wildman–Crippen MR) is 68.9 cm³/mol. The van der Waals surface area contributed by atoms with Crippen LogP contribution < -0.4 is 11.5 Å². The fraction of sp³-hybridized carbons (Fsp3) is 0.615. The largest absolute Gasteiger partial charge is 0.372 e. The van der Waals surface area contributed by atoms with Crippen LogP contribution >= 0.6 is 0 Å². The number of primary amides is 1. The summed E-state index contributed by atoms with van der Waals surface area (Å²) < 4.78 is 13.5. The maximum Gasteiger partial charge on any atom is 0.204 e. The molecule has 0 aromatic rings. The molecule has 0 aromatic carbocycles. The molecule has 0 radical (unpaired) electrons. The number of halogens is 1. The third-order valence-corrected chi connectivity index (χ3v) is 2.72. The van der Waals surface area contributed by atoms with Gasteiger partial charge in [-0.3, -0.25) is 4.79 Å². The van der Waals surface area contributed by atoms with E-state index in [1.54, 1.807) is 0 Å². The second-order valence-electron chi connectivity index (χ2n) is 4.10. The van der Waals surface area contributed by atoms with Gasteiger partial charge in [0.1, 0.15) is 5.83 Å². The molecule has 0 aliphatic heterocycles. The van der Waals surface area contributed by atoms with Gasteiger partial charge in [0, 0.05) is 0 Å². The Morgan fingerprint density at radius 3 is 2.65 bits per heavy atom. The first-order valence-electron chi connectivity index (χ1n) is 6.07. The van der Waals surface area contributed by atoms with Gasteiger partial charge in [-0.25, -0.2) is 4.39 Å². The van der Waals surface area contributed by atoms with Crippen LogP contribution in [0.25, 0.3) is 0 Å². The number of hydrogen-bond donors (Lipinski definition) is 2. The predicted octanol–water partition coefficient (Wildman–Crippen LogP) is 2.57. The zero-order valence-electron chi connectivity index (χ0n) is 10.5. The van der Waals surface area contributed by atoms with E-state index in [2.05, 4.69) is 5.73 Å². The van der Waals surface area contributed by atoms with Crippen LogP contribution in [-0.4, -0.2) is 13.0 Å². The van der Waals surface area contributed by atoms with Gasteiger partial charge in [-0.2, -0.15) is 0 Å². The lowest BCUT2D eigenvalue weighted by Gasteiger charge is -2.13. The zero-order chi connectivity index (χ0) is 13.1. The summed E-state index contributed by atoms with van der Waals surface area (Å²) in [6, 6.07) is 0. The van der Waals surface area contributed by atoms with E-state index in [9.17, 15) is 4.39 Å². The Kier molecular flexibility index (Phi) is 9.34. The molecule has 0 bridgehead atoms. The van der Waals surface area contributed by atoms with Crippen molar-refractivity contribution in [3.8, 4) is 0 Å². The summed E-state index contributed by atoms with van der Waals surface area (Å²) in [5.74, 6) is 0.0454. The Morgan fingerprint density at radius 1 is 1.41 bits per heavy atom. The zero-order valence-corrected chi connectivity index (χ0v) is 10.5. The normalized spacial score (nSPS) is 14.9. The molecule has 1 amide bonds. The van der Waals surface area contributed by atoms with Gasteiger partial charge in [0.25, 0.3) is 0 Å². The molecule has 17 heavy (non-hydrogen) atoms. The highest BCUT2D eigenvalue weighted by molar-refractivity contribution is 5.42. The van der Waals surface area contributed by atoms with Gasteiger partial charge in [0.15, 0.2) is 0 Å². The number of carbonyl (C=O) groups excluding carboxylic acids is 1. The molecule has 1 aliphatic carbocycles. The van der Waals surface area contributed by atoms with E-state index < -0.39 is 0 Å². The molecule has 0 fully saturated rings. The Labute approximate surface area is 103 Å². The maximum atomic E-state index is 13.5. The number of amides is 1. The van der Waals surface area contributed by atoms with Crippen LogP contribution in [0.2, 0.25) is 0 Å². The van der Waals surface area contributed by atoms with Crippen LogP contribution in [-0.2, 0) is 4.79 Å². The number of nitrogens with two attached hydrogens (primary N) is 2. The minimum atomic E-state index is 0.0454. The smallest absolute Gasteiger partial charge is 0.204 e. The first-order chi connectivity index (χ1) is 8.17. The second-order valence-corrected chi connectivity index (χ2v) is 4.10. The van der Waals surface area contributed by atoms with Gasteiger partial charge in [-0.1, -0.05) is 12.5 Å². The first-order valence-corrected chi connectivity index (χ1v) is 6.07. The van der Waals surface area contributed by atoms with Crippen molar-refractivity contribution in [2.24, 2.45) is 11.5 Å². The standard InChI is InChI=1S/C12H20FN.CH3NO/c1-10-6-5-8-11(12(10)13)7-3-2-4-9-14;2-1-3/h8H,2-7,9,14H2,1H3;1H,(H2,2,3). The molecular formula is C13H23FN2O. The number of hydrogen-bond acceptors (Lipinski definition) is 2. The molecule has 1 aliphatic rings. The lowest BCUT2D eigenvalue weighted by atomic mass is 9.95.